The topological polar surface area (TPSA) is 80.5 Å². The smallest absolute Gasteiger partial charge is 0.268 e. The highest BCUT2D eigenvalue weighted by Gasteiger charge is 2.37. The van der Waals surface area contributed by atoms with E-state index in [9.17, 15) is 19.7 Å². The number of imide groups is 1. The molecule has 0 N–H and O–H groups in total. The molecule has 28 heavy (non-hydrogen) atoms. The molecule has 1 heterocycles. The molecule has 0 aromatic heterocycles. The number of carbonyl (C=O) groups is 2. The molecule has 2 amide bonds. The first-order valence-corrected chi connectivity index (χ1v) is 9.27. The van der Waals surface area contributed by atoms with Crippen LogP contribution in [0.4, 0.5) is 11.4 Å². The molecular weight excluding hydrogens is 376 g/mol. The number of fused-ring (bicyclic) bond motifs is 1. The molecule has 0 unspecified atom stereocenters. The molecule has 1 aliphatic heterocycles. The first-order valence-electron chi connectivity index (χ1n) is 8.46. The SMILES string of the molecule is Cc1ccc(Sc2cc(N3C(=O)c4ccccc4C3=O)cc([N+](=O)[O-])c2)cc1. The van der Waals surface area contributed by atoms with E-state index in [1.165, 1.54) is 23.9 Å². The van der Waals surface area contributed by atoms with Gasteiger partial charge >= 0.3 is 0 Å². The third kappa shape index (κ3) is 3.16. The molecule has 3 aromatic carbocycles. The molecule has 0 bridgehead atoms. The predicted molar refractivity (Wildman–Crippen MR) is 106 cm³/mol. The van der Waals surface area contributed by atoms with E-state index in [2.05, 4.69) is 0 Å². The number of anilines is 1. The Morgan fingerprint density at radius 3 is 2.04 bits per heavy atom. The minimum atomic E-state index is -0.527. The average Bonchev–Trinajstić information content (AvgIpc) is 2.94. The highest BCUT2D eigenvalue weighted by molar-refractivity contribution is 7.99. The van der Waals surface area contributed by atoms with Crippen LogP contribution in [0.2, 0.25) is 0 Å². The Labute approximate surface area is 164 Å². The number of aryl methyl sites for hydroxylation is 1. The van der Waals surface area contributed by atoms with Crippen molar-refractivity contribution in [2.75, 3.05) is 4.90 Å². The normalized spacial score (nSPS) is 13.0. The lowest BCUT2D eigenvalue weighted by molar-refractivity contribution is -0.385. The maximum Gasteiger partial charge on any atom is 0.272 e. The van der Waals surface area contributed by atoms with Crippen LogP contribution in [0.15, 0.2) is 76.5 Å². The highest BCUT2D eigenvalue weighted by Crippen LogP contribution is 2.36. The van der Waals surface area contributed by atoms with Gasteiger partial charge in [-0.15, -0.1) is 0 Å². The van der Waals surface area contributed by atoms with Crippen molar-refractivity contribution in [2.24, 2.45) is 0 Å². The number of hydrogen-bond acceptors (Lipinski definition) is 5. The van der Waals surface area contributed by atoms with Gasteiger partial charge in [0.15, 0.2) is 0 Å². The summed E-state index contributed by atoms with van der Waals surface area (Å²) in [7, 11) is 0. The van der Waals surface area contributed by atoms with Crippen LogP contribution in [0.3, 0.4) is 0 Å². The predicted octanol–water partition coefficient (Wildman–Crippen LogP) is 4.86. The molecule has 0 saturated carbocycles. The number of amides is 2. The van der Waals surface area contributed by atoms with Crippen molar-refractivity contribution in [2.45, 2.75) is 16.7 Å². The Morgan fingerprint density at radius 1 is 0.857 bits per heavy atom. The van der Waals surface area contributed by atoms with E-state index in [0.29, 0.717) is 16.0 Å². The zero-order valence-electron chi connectivity index (χ0n) is 14.8. The van der Waals surface area contributed by atoms with E-state index < -0.39 is 16.7 Å². The zero-order valence-corrected chi connectivity index (χ0v) is 15.6. The first-order chi connectivity index (χ1) is 13.4. The minimum Gasteiger partial charge on any atom is -0.268 e. The number of nitro benzene ring substituents is 1. The molecule has 0 atom stereocenters. The maximum absolute atomic E-state index is 12.7. The minimum absolute atomic E-state index is 0.177. The van der Waals surface area contributed by atoms with Crippen molar-refractivity contribution in [3.05, 3.63) is 93.5 Å². The van der Waals surface area contributed by atoms with Gasteiger partial charge in [0.1, 0.15) is 0 Å². The molecule has 0 radical (unpaired) electrons. The maximum atomic E-state index is 12.7. The van der Waals surface area contributed by atoms with Gasteiger partial charge < -0.3 is 0 Å². The summed E-state index contributed by atoms with van der Waals surface area (Å²) in [6.07, 6.45) is 0. The number of rotatable bonds is 4. The summed E-state index contributed by atoms with van der Waals surface area (Å²) in [4.78, 5) is 38.8. The lowest BCUT2D eigenvalue weighted by Gasteiger charge is -2.15. The third-order valence-electron chi connectivity index (χ3n) is 4.40. The van der Waals surface area contributed by atoms with Crippen LogP contribution in [-0.2, 0) is 0 Å². The van der Waals surface area contributed by atoms with Crippen LogP contribution < -0.4 is 4.90 Å². The van der Waals surface area contributed by atoms with Gasteiger partial charge in [0.2, 0.25) is 0 Å². The second-order valence-electron chi connectivity index (χ2n) is 6.35. The lowest BCUT2D eigenvalue weighted by atomic mass is 10.1. The second-order valence-corrected chi connectivity index (χ2v) is 7.50. The first kappa shape index (κ1) is 17.9. The van der Waals surface area contributed by atoms with Crippen LogP contribution in [0.1, 0.15) is 26.3 Å². The van der Waals surface area contributed by atoms with Gasteiger partial charge in [-0.1, -0.05) is 41.6 Å². The van der Waals surface area contributed by atoms with E-state index in [0.717, 1.165) is 15.4 Å². The monoisotopic (exact) mass is 390 g/mol. The van der Waals surface area contributed by atoms with Crippen molar-refractivity contribution in [3.63, 3.8) is 0 Å². The number of hydrogen-bond donors (Lipinski definition) is 0. The van der Waals surface area contributed by atoms with E-state index in [1.54, 1.807) is 30.3 Å². The number of benzene rings is 3. The van der Waals surface area contributed by atoms with E-state index in [1.807, 2.05) is 31.2 Å². The lowest BCUT2D eigenvalue weighted by Crippen LogP contribution is -2.29. The van der Waals surface area contributed by atoms with Gasteiger partial charge in [0.25, 0.3) is 17.5 Å². The fraction of sp³-hybridized carbons (Fsp3) is 0.0476. The molecule has 0 fully saturated rings. The third-order valence-corrected chi connectivity index (χ3v) is 5.38. The fourth-order valence-corrected chi connectivity index (χ4v) is 3.93. The van der Waals surface area contributed by atoms with Crippen LogP contribution in [0.5, 0.6) is 0 Å². The largest absolute Gasteiger partial charge is 0.272 e. The molecule has 1 aliphatic rings. The standard InChI is InChI=1S/C21H14N2O4S/c1-13-6-8-16(9-7-13)28-17-11-14(10-15(12-17)23(26)27)22-20(24)18-4-2-3-5-19(18)21(22)25/h2-12H,1H3. The number of non-ortho nitro benzene ring substituents is 1. The van der Waals surface area contributed by atoms with E-state index in [-0.39, 0.29) is 11.4 Å². The highest BCUT2D eigenvalue weighted by atomic mass is 32.2. The Hall–Kier alpha value is -3.45. The second kappa shape index (κ2) is 6.94. The van der Waals surface area contributed by atoms with Crippen molar-refractivity contribution in [1.82, 2.24) is 0 Å². The summed E-state index contributed by atoms with van der Waals surface area (Å²) in [5, 5.41) is 11.4. The molecule has 0 aliphatic carbocycles. The van der Waals surface area contributed by atoms with Crippen molar-refractivity contribution < 1.29 is 14.5 Å². The van der Waals surface area contributed by atoms with Crippen molar-refractivity contribution in [1.29, 1.82) is 0 Å². The van der Waals surface area contributed by atoms with Gasteiger partial charge in [-0.05, 0) is 37.3 Å². The average molecular weight is 390 g/mol. The Balaban J connectivity index is 1.76. The summed E-state index contributed by atoms with van der Waals surface area (Å²) in [6, 6.07) is 18.6. The summed E-state index contributed by atoms with van der Waals surface area (Å²) >= 11 is 1.33. The van der Waals surface area contributed by atoms with Gasteiger partial charge in [-0.2, -0.15) is 0 Å². The molecule has 4 rings (SSSR count). The van der Waals surface area contributed by atoms with E-state index in [4.69, 9.17) is 0 Å². The molecular formula is C21H14N2O4S. The Bertz CT molecular complexity index is 1090. The summed E-state index contributed by atoms with van der Waals surface area (Å²) in [6.45, 7) is 1.97. The summed E-state index contributed by atoms with van der Waals surface area (Å²) < 4.78 is 0. The molecule has 3 aromatic rings. The van der Waals surface area contributed by atoms with Gasteiger partial charge in [-0.25, -0.2) is 4.90 Å². The number of nitrogens with zero attached hydrogens (tertiary/aromatic N) is 2. The van der Waals surface area contributed by atoms with Gasteiger partial charge in [-0.3, -0.25) is 19.7 Å². The molecule has 7 heteroatoms. The van der Waals surface area contributed by atoms with Crippen LogP contribution in [0.25, 0.3) is 0 Å². The van der Waals surface area contributed by atoms with Crippen molar-refractivity contribution in [3.8, 4) is 0 Å². The number of carbonyl (C=O) groups excluding carboxylic acids is 2. The van der Waals surface area contributed by atoms with Crippen molar-refractivity contribution >= 4 is 35.0 Å². The zero-order chi connectivity index (χ0) is 19.8. The van der Waals surface area contributed by atoms with Gasteiger partial charge in [0, 0.05) is 21.9 Å². The molecule has 138 valence electrons. The van der Waals surface area contributed by atoms with E-state index >= 15 is 0 Å². The summed E-state index contributed by atoms with van der Waals surface area (Å²) in [5.41, 5.74) is 1.72. The molecule has 6 nitrogen and oxygen atoms in total. The quantitative estimate of drug-likeness (QED) is 0.361. The Morgan fingerprint density at radius 2 is 1.46 bits per heavy atom. The summed E-state index contributed by atoms with van der Waals surface area (Å²) in [5.74, 6) is -0.959. The molecule has 0 spiro atoms. The fourth-order valence-electron chi connectivity index (χ4n) is 3.03. The van der Waals surface area contributed by atoms with Gasteiger partial charge in [0.05, 0.1) is 21.7 Å². The van der Waals surface area contributed by atoms with Crippen LogP contribution in [-0.4, -0.2) is 16.7 Å². The number of nitro groups is 1. The van der Waals surface area contributed by atoms with Crippen LogP contribution >= 0.6 is 11.8 Å². The molecule has 0 saturated heterocycles. The van der Waals surface area contributed by atoms with Crippen LogP contribution in [0, 0.1) is 17.0 Å². The Kier molecular flexibility index (Phi) is 4.44.